The lowest BCUT2D eigenvalue weighted by molar-refractivity contribution is -0.147. The van der Waals surface area contributed by atoms with E-state index >= 15 is 0 Å². The van der Waals surface area contributed by atoms with Crippen LogP contribution in [0.15, 0.2) is 66.4 Å². The zero-order valence-electron chi connectivity index (χ0n) is 13.5. The molecule has 2 aliphatic rings. The number of carbonyl (C=O) groups is 1. The van der Waals surface area contributed by atoms with E-state index in [4.69, 9.17) is 9.47 Å². The fourth-order valence-electron chi connectivity index (χ4n) is 3.61. The topological polar surface area (TPSA) is 47.6 Å². The number of methoxy groups -OCH3 is 1. The molecule has 0 fully saturated rings. The van der Waals surface area contributed by atoms with Gasteiger partial charge in [0.25, 0.3) is 0 Å². The fraction of sp³-hybridized carbons (Fsp3) is 0.250. The highest BCUT2D eigenvalue weighted by Gasteiger charge is 2.46. The van der Waals surface area contributed by atoms with Crippen molar-refractivity contribution in [3.05, 3.63) is 83.1 Å². The Morgan fingerprint density at radius 1 is 1.17 bits per heavy atom. The van der Waals surface area contributed by atoms with Crippen LogP contribution in [0.4, 0.5) is 0 Å². The van der Waals surface area contributed by atoms with Gasteiger partial charge < -0.3 is 9.47 Å². The molecule has 4 heteroatoms. The van der Waals surface area contributed by atoms with Crippen molar-refractivity contribution in [2.75, 3.05) is 7.11 Å². The summed E-state index contributed by atoms with van der Waals surface area (Å²) in [5.74, 6) is -0.101. The third kappa shape index (κ3) is 2.39. The van der Waals surface area contributed by atoms with Crippen LogP contribution in [0.2, 0.25) is 0 Å². The average Bonchev–Trinajstić information content (AvgIpc) is 2.99. The molecule has 0 saturated carbocycles. The number of hydrogen-bond acceptors (Lipinski definition) is 4. The number of fused-ring (bicyclic) bond motifs is 2. The Kier molecular flexibility index (Phi) is 3.62. The summed E-state index contributed by atoms with van der Waals surface area (Å²) in [6.07, 6.45) is 2.60. The van der Waals surface area contributed by atoms with Crippen molar-refractivity contribution in [3.63, 3.8) is 0 Å². The van der Waals surface area contributed by atoms with E-state index in [2.05, 4.69) is 29.6 Å². The molecule has 0 amide bonds. The summed E-state index contributed by atoms with van der Waals surface area (Å²) in [7, 11) is 1.38. The van der Waals surface area contributed by atoms with Crippen molar-refractivity contribution in [1.82, 2.24) is 5.32 Å². The normalized spacial score (nSPS) is 24.9. The molecule has 2 atom stereocenters. The van der Waals surface area contributed by atoms with Gasteiger partial charge in [-0.25, -0.2) is 4.79 Å². The number of hydrogen-bond donors (Lipinski definition) is 1. The number of nitrogens with one attached hydrogen (secondary N) is 1. The number of carbonyl (C=O) groups excluding carboxylic acids is 1. The SMILES string of the molecule is COC(=O)C1=CC(c2ccccc2)CC2(NCc3ccccc32)O1. The Morgan fingerprint density at radius 3 is 2.71 bits per heavy atom. The Labute approximate surface area is 141 Å². The monoisotopic (exact) mass is 321 g/mol. The van der Waals surface area contributed by atoms with Crippen molar-refractivity contribution in [2.45, 2.75) is 24.6 Å². The number of esters is 1. The second kappa shape index (κ2) is 5.80. The van der Waals surface area contributed by atoms with Gasteiger partial charge in [-0.15, -0.1) is 0 Å². The maximum absolute atomic E-state index is 12.2. The smallest absolute Gasteiger partial charge is 0.373 e. The van der Waals surface area contributed by atoms with E-state index < -0.39 is 11.7 Å². The predicted molar refractivity (Wildman–Crippen MR) is 89.9 cm³/mol. The zero-order chi connectivity index (χ0) is 16.6. The van der Waals surface area contributed by atoms with Crippen LogP contribution in [-0.2, 0) is 26.5 Å². The second-order valence-electron chi connectivity index (χ2n) is 6.18. The van der Waals surface area contributed by atoms with Gasteiger partial charge in [-0.1, -0.05) is 54.6 Å². The Hall–Kier alpha value is -2.59. The van der Waals surface area contributed by atoms with Gasteiger partial charge in [0, 0.05) is 24.4 Å². The molecule has 2 unspecified atom stereocenters. The maximum atomic E-state index is 12.2. The molecule has 24 heavy (non-hydrogen) atoms. The Bertz CT molecular complexity index is 800. The molecular formula is C20H19NO3. The first kappa shape index (κ1) is 15.0. The maximum Gasteiger partial charge on any atom is 0.373 e. The summed E-state index contributed by atoms with van der Waals surface area (Å²) in [6, 6.07) is 18.4. The molecule has 1 N–H and O–H groups in total. The van der Waals surface area contributed by atoms with Crippen LogP contribution in [0.1, 0.15) is 29.0 Å². The molecule has 2 aromatic rings. The first-order valence-electron chi connectivity index (χ1n) is 8.09. The zero-order valence-corrected chi connectivity index (χ0v) is 13.5. The van der Waals surface area contributed by atoms with E-state index in [1.807, 2.05) is 36.4 Å². The van der Waals surface area contributed by atoms with Gasteiger partial charge in [0.1, 0.15) is 0 Å². The minimum Gasteiger partial charge on any atom is -0.463 e. The standard InChI is InChI=1S/C20H19NO3/c1-23-19(22)18-11-16(14-7-3-2-4-8-14)12-20(24-18)17-10-6-5-9-15(17)13-21-20/h2-11,16,21H,12-13H2,1H3. The lowest BCUT2D eigenvalue weighted by Gasteiger charge is -2.38. The van der Waals surface area contributed by atoms with Crippen LogP contribution in [0.3, 0.4) is 0 Å². The van der Waals surface area contributed by atoms with E-state index in [-0.39, 0.29) is 11.7 Å². The summed E-state index contributed by atoms with van der Waals surface area (Å²) < 4.78 is 11.0. The van der Waals surface area contributed by atoms with Crippen LogP contribution in [0.5, 0.6) is 0 Å². The van der Waals surface area contributed by atoms with Gasteiger partial charge in [-0.3, -0.25) is 5.32 Å². The lowest BCUT2D eigenvalue weighted by atomic mass is 9.84. The third-order valence-corrected chi connectivity index (χ3v) is 4.78. The fourth-order valence-corrected chi connectivity index (χ4v) is 3.61. The van der Waals surface area contributed by atoms with Crippen molar-refractivity contribution in [1.29, 1.82) is 0 Å². The highest BCUT2D eigenvalue weighted by molar-refractivity contribution is 5.86. The van der Waals surface area contributed by atoms with E-state index in [1.54, 1.807) is 0 Å². The number of benzene rings is 2. The number of ether oxygens (including phenoxy) is 2. The summed E-state index contributed by atoms with van der Waals surface area (Å²) in [5.41, 5.74) is 2.78. The first-order valence-corrected chi connectivity index (χ1v) is 8.09. The largest absolute Gasteiger partial charge is 0.463 e. The van der Waals surface area contributed by atoms with Crippen LogP contribution in [0, 0.1) is 0 Å². The van der Waals surface area contributed by atoms with Gasteiger partial charge in [-0.05, 0) is 17.2 Å². The van der Waals surface area contributed by atoms with E-state index in [9.17, 15) is 4.79 Å². The summed E-state index contributed by atoms with van der Waals surface area (Å²) in [6.45, 7) is 0.728. The Morgan fingerprint density at radius 2 is 1.92 bits per heavy atom. The van der Waals surface area contributed by atoms with Crippen molar-refractivity contribution >= 4 is 5.97 Å². The molecule has 0 radical (unpaired) electrons. The van der Waals surface area contributed by atoms with Gasteiger partial charge in [0.2, 0.25) is 5.76 Å². The second-order valence-corrected chi connectivity index (χ2v) is 6.18. The molecule has 0 saturated heterocycles. The minimum atomic E-state index is -0.685. The van der Waals surface area contributed by atoms with Gasteiger partial charge in [0.05, 0.1) is 7.11 Å². The predicted octanol–water partition coefficient (Wildman–Crippen LogP) is 3.20. The van der Waals surface area contributed by atoms with Crippen molar-refractivity contribution in [2.24, 2.45) is 0 Å². The molecule has 0 aliphatic carbocycles. The van der Waals surface area contributed by atoms with E-state index in [0.29, 0.717) is 0 Å². The quantitative estimate of drug-likeness (QED) is 0.863. The van der Waals surface area contributed by atoms with Crippen LogP contribution in [0.25, 0.3) is 0 Å². The van der Waals surface area contributed by atoms with Crippen LogP contribution < -0.4 is 5.32 Å². The molecule has 2 aliphatic heterocycles. The third-order valence-electron chi connectivity index (χ3n) is 4.78. The first-order chi connectivity index (χ1) is 11.7. The van der Waals surface area contributed by atoms with E-state index in [1.165, 1.54) is 12.7 Å². The molecular weight excluding hydrogens is 302 g/mol. The summed E-state index contributed by atoms with van der Waals surface area (Å²) in [4.78, 5) is 12.2. The van der Waals surface area contributed by atoms with E-state index in [0.717, 1.165) is 24.1 Å². The molecule has 2 heterocycles. The van der Waals surface area contributed by atoms with Crippen molar-refractivity contribution in [3.8, 4) is 0 Å². The highest BCUT2D eigenvalue weighted by atomic mass is 16.6. The number of allylic oxidation sites excluding steroid dienone is 1. The lowest BCUT2D eigenvalue weighted by Crippen LogP contribution is -2.44. The molecule has 4 rings (SSSR count). The van der Waals surface area contributed by atoms with Gasteiger partial charge in [0.15, 0.2) is 5.72 Å². The molecule has 0 aromatic heterocycles. The number of rotatable bonds is 2. The molecule has 2 aromatic carbocycles. The summed E-state index contributed by atoms with van der Waals surface area (Å²) >= 11 is 0. The molecule has 4 nitrogen and oxygen atoms in total. The molecule has 1 spiro atoms. The van der Waals surface area contributed by atoms with Gasteiger partial charge in [-0.2, -0.15) is 0 Å². The summed E-state index contributed by atoms with van der Waals surface area (Å²) in [5, 5.41) is 3.48. The van der Waals surface area contributed by atoms with Gasteiger partial charge >= 0.3 is 5.97 Å². The molecule has 0 bridgehead atoms. The van der Waals surface area contributed by atoms with Crippen molar-refractivity contribution < 1.29 is 14.3 Å². The highest BCUT2D eigenvalue weighted by Crippen LogP contribution is 2.45. The molecule has 122 valence electrons. The van der Waals surface area contributed by atoms with Crippen LogP contribution >= 0.6 is 0 Å². The Balaban J connectivity index is 1.79. The average molecular weight is 321 g/mol. The minimum absolute atomic E-state index is 0.0766. The van der Waals surface area contributed by atoms with Crippen LogP contribution in [-0.4, -0.2) is 13.1 Å².